The first-order chi connectivity index (χ1) is 16.1. The van der Waals surface area contributed by atoms with Crippen LogP contribution in [0.3, 0.4) is 0 Å². The minimum absolute atomic E-state index is 0.758. The van der Waals surface area contributed by atoms with Crippen molar-refractivity contribution in [1.82, 2.24) is 0 Å². The molecular formula is C29H44Co2O2. The summed E-state index contributed by atoms with van der Waals surface area (Å²) in [5.74, 6) is 0. The molecule has 0 aliphatic heterocycles. The fraction of sp³-hybridized carbons (Fsp3) is 0.586. The van der Waals surface area contributed by atoms with Gasteiger partial charge in [0.15, 0.2) is 0 Å². The molecule has 33 heavy (non-hydrogen) atoms. The van der Waals surface area contributed by atoms with Gasteiger partial charge < -0.3 is 0 Å². The van der Waals surface area contributed by atoms with Crippen molar-refractivity contribution in [2.75, 3.05) is 0 Å². The molecule has 0 aliphatic carbocycles. The van der Waals surface area contributed by atoms with E-state index in [9.17, 15) is 7.73 Å². The molecular weight excluding hydrogens is 498 g/mol. The normalized spacial score (nSPS) is 12.1. The Morgan fingerprint density at radius 2 is 1.03 bits per heavy atom. The molecule has 0 amide bonds. The van der Waals surface area contributed by atoms with Crippen LogP contribution in [-0.4, -0.2) is 0 Å². The summed E-state index contributed by atoms with van der Waals surface area (Å²) in [6, 6.07) is 15.4. The van der Waals surface area contributed by atoms with E-state index in [0.717, 1.165) is 30.8 Å². The van der Waals surface area contributed by atoms with Crippen LogP contribution >= 0.6 is 0 Å². The molecule has 0 atom stereocenters. The molecule has 2 nitrogen and oxygen atoms in total. The van der Waals surface area contributed by atoms with E-state index in [4.69, 9.17) is 0 Å². The number of rotatable bonds is 18. The zero-order valence-corrected chi connectivity index (χ0v) is 22.8. The summed E-state index contributed by atoms with van der Waals surface area (Å²) in [7, 11) is 0. The molecule has 2 aromatic rings. The van der Waals surface area contributed by atoms with Crippen molar-refractivity contribution in [3.63, 3.8) is 0 Å². The Balaban J connectivity index is 1.54. The van der Waals surface area contributed by atoms with Gasteiger partial charge in [-0.15, -0.1) is 0 Å². The molecule has 0 unspecified atom stereocenters. The summed E-state index contributed by atoms with van der Waals surface area (Å²) < 4.78 is 28.0. The van der Waals surface area contributed by atoms with E-state index in [-0.39, 0.29) is 0 Å². The molecule has 190 valence electrons. The zero-order chi connectivity index (χ0) is 23.7. The first-order valence-corrected chi connectivity index (χ1v) is 16.0. The molecule has 0 N–H and O–H groups in total. The maximum atomic E-state index is 12.8. The Hall–Kier alpha value is -0.947. The van der Waals surface area contributed by atoms with E-state index in [2.05, 4.69) is 6.92 Å². The molecule has 0 aliphatic rings. The van der Waals surface area contributed by atoms with Gasteiger partial charge >= 0.3 is 185 Å². The van der Waals surface area contributed by atoms with Crippen molar-refractivity contribution >= 4 is 13.5 Å². The molecule has 0 bridgehead atoms. The average Bonchev–Trinajstić information content (AvgIpc) is 2.84. The van der Waals surface area contributed by atoms with Crippen molar-refractivity contribution in [1.29, 1.82) is 0 Å². The van der Waals surface area contributed by atoms with Crippen LogP contribution in [0.1, 0.15) is 102 Å². The quantitative estimate of drug-likeness (QED) is 0.184. The molecule has 2 aromatic carbocycles. The van der Waals surface area contributed by atoms with Crippen molar-refractivity contribution in [3.8, 4) is 0 Å². The average molecular weight is 543 g/mol. The minimum atomic E-state index is -1.57. The van der Waals surface area contributed by atoms with Gasteiger partial charge in [0.05, 0.1) is 0 Å². The van der Waals surface area contributed by atoms with E-state index < -0.39 is 27.2 Å². The molecule has 0 saturated carbocycles. The van der Waals surface area contributed by atoms with Crippen molar-refractivity contribution in [3.05, 3.63) is 54.1 Å². The van der Waals surface area contributed by atoms with E-state index in [0.29, 0.717) is 0 Å². The van der Waals surface area contributed by atoms with Crippen LogP contribution in [-0.2, 0) is 34.9 Å². The second kappa shape index (κ2) is 17.5. The van der Waals surface area contributed by atoms with Gasteiger partial charge in [0.2, 0.25) is 0 Å². The van der Waals surface area contributed by atoms with Crippen molar-refractivity contribution < 1.29 is 34.9 Å². The summed E-state index contributed by atoms with van der Waals surface area (Å²) in [4.78, 5) is 0. The van der Waals surface area contributed by atoms with Crippen LogP contribution < -0.4 is 13.5 Å². The summed E-state index contributed by atoms with van der Waals surface area (Å²) in [5.41, 5.74) is 1.05. The maximum absolute atomic E-state index is 12.8. The molecule has 0 spiro atoms. The number of aryl methyl sites for hydroxylation is 1. The van der Waals surface area contributed by atoms with Crippen LogP contribution in [0.4, 0.5) is 0 Å². The van der Waals surface area contributed by atoms with Crippen LogP contribution in [0.5, 0.6) is 0 Å². The summed E-state index contributed by atoms with van der Waals surface area (Å²) in [6.07, 6.45) is 18.7. The zero-order valence-electron chi connectivity index (χ0n) is 20.7. The fourth-order valence-corrected chi connectivity index (χ4v) is 6.92. The Morgan fingerprint density at radius 1 is 0.576 bits per heavy atom. The molecule has 0 saturated heterocycles. The fourth-order valence-electron chi connectivity index (χ4n) is 3.94. The molecule has 0 aromatic heterocycles. The molecule has 0 radical (unpaired) electrons. The van der Waals surface area contributed by atoms with E-state index >= 15 is 0 Å². The number of hydrogen-bond donors (Lipinski definition) is 0. The summed E-state index contributed by atoms with van der Waals surface area (Å²) in [5, 5.41) is 0.758. The van der Waals surface area contributed by atoms with Crippen LogP contribution in [0.25, 0.3) is 0 Å². The summed E-state index contributed by atoms with van der Waals surface area (Å²) >= 11 is -2.90. The van der Waals surface area contributed by atoms with E-state index in [1.165, 1.54) is 83.5 Å². The standard InChI is InChI=1S/C16H33.C7H7.C6H4.2Co.2O/c1-3-5-7-9-11-13-15-16-14-12-10-8-6-4-2;1-7-5-3-2-4-6-7;1-2-4-6-5-3-1;;;;/h1,3-16H2,2H3;2-5H,1H3;1-2,5-6H;;;;. The van der Waals surface area contributed by atoms with Crippen molar-refractivity contribution in [2.24, 2.45) is 0 Å². The Kier molecular flexibility index (Phi) is 15.0. The predicted molar refractivity (Wildman–Crippen MR) is 133 cm³/mol. The Morgan fingerprint density at radius 3 is 1.55 bits per heavy atom. The van der Waals surface area contributed by atoms with Crippen LogP contribution in [0.2, 0.25) is 5.36 Å². The third-order valence-corrected chi connectivity index (χ3v) is 9.85. The van der Waals surface area contributed by atoms with E-state index in [1.54, 1.807) is 0 Å². The third-order valence-electron chi connectivity index (χ3n) is 6.00. The van der Waals surface area contributed by atoms with Crippen LogP contribution in [0, 0.1) is 6.92 Å². The molecule has 0 heterocycles. The third kappa shape index (κ3) is 11.4. The van der Waals surface area contributed by atoms with Gasteiger partial charge in [-0.3, -0.25) is 0 Å². The van der Waals surface area contributed by atoms with Gasteiger partial charge in [-0.2, -0.15) is 0 Å². The van der Waals surface area contributed by atoms with Crippen molar-refractivity contribution in [2.45, 2.75) is 109 Å². The molecule has 2 rings (SSSR count). The topological polar surface area (TPSA) is 34.1 Å². The van der Waals surface area contributed by atoms with Gasteiger partial charge in [0.25, 0.3) is 0 Å². The molecule has 4 heteroatoms. The van der Waals surface area contributed by atoms with Gasteiger partial charge in [-0.25, -0.2) is 0 Å². The van der Waals surface area contributed by atoms with Gasteiger partial charge in [-0.05, 0) is 0 Å². The number of unbranched alkanes of at least 4 members (excludes halogenated alkanes) is 13. The van der Waals surface area contributed by atoms with Gasteiger partial charge in [-0.1, -0.05) is 26.2 Å². The number of benzene rings is 2. The second-order valence-corrected chi connectivity index (χ2v) is 12.7. The summed E-state index contributed by atoms with van der Waals surface area (Å²) in [6.45, 7) is 4.27. The monoisotopic (exact) mass is 542 g/mol. The predicted octanol–water partition coefficient (Wildman–Crippen LogP) is 7.40. The van der Waals surface area contributed by atoms with E-state index in [1.807, 2.05) is 55.5 Å². The Labute approximate surface area is 210 Å². The van der Waals surface area contributed by atoms with Gasteiger partial charge in [0.1, 0.15) is 0 Å². The van der Waals surface area contributed by atoms with Crippen LogP contribution in [0.15, 0.2) is 48.5 Å². The number of hydrogen-bond acceptors (Lipinski definition) is 2. The van der Waals surface area contributed by atoms with Gasteiger partial charge in [0, 0.05) is 0 Å². The SMILES string of the molecule is CCCCCCCCCCCCCCC[CH2][Co](=[O])[c]1cc[c]([Co](=[O])[c]2ccccc2C)cc1. The first kappa shape index (κ1) is 28.3. The Bertz CT molecular complexity index is 830. The first-order valence-electron chi connectivity index (χ1n) is 12.9. The molecule has 0 fully saturated rings. The second-order valence-electron chi connectivity index (χ2n) is 8.87.